The van der Waals surface area contributed by atoms with Gasteiger partial charge in [-0.1, -0.05) is 48.5 Å². The summed E-state index contributed by atoms with van der Waals surface area (Å²) < 4.78 is 5.19. The third-order valence-electron chi connectivity index (χ3n) is 4.98. The van der Waals surface area contributed by atoms with Crippen LogP contribution in [0.15, 0.2) is 59.4 Å². The number of carbonyl (C=O) groups excluding carboxylic acids is 1. The van der Waals surface area contributed by atoms with Crippen molar-refractivity contribution >= 4 is 49.2 Å². The molecule has 1 N–H and O–H groups in total. The van der Waals surface area contributed by atoms with Gasteiger partial charge >= 0.3 is 5.97 Å². The maximum absolute atomic E-state index is 12.7. The highest BCUT2D eigenvalue weighted by Crippen LogP contribution is 2.40. The van der Waals surface area contributed by atoms with Gasteiger partial charge in [-0.2, -0.15) is 0 Å². The van der Waals surface area contributed by atoms with Gasteiger partial charge in [0, 0.05) is 16.3 Å². The summed E-state index contributed by atoms with van der Waals surface area (Å²) in [6, 6.07) is 18.0. The topological polar surface area (TPSA) is 59.2 Å². The van der Waals surface area contributed by atoms with Crippen LogP contribution in [-0.4, -0.2) is 17.6 Å². The van der Waals surface area contributed by atoms with E-state index in [-0.39, 0.29) is 12.2 Å². The minimum Gasteiger partial charge on any atom is -0.462 e. The lowest BCUT2D eigenvalue weighted by Crippen LogP contribution is -2.20. The lowest BCUT2D eigenvalue weighted by molar-refractivity contribution is 0.0527. The first kappa shape index (κ1) is 14.9. The smallest absolute Gasteiger partial charge is 0.344 e. The van der Waals surface area contributed by atoms with Crippen LogP contribution in [0.1, 0.15) is 17.3 Å². The molecule has 0 aliphatic heterocycles. The number of benzene rings is 4. The van der Waals surface area contributed by atoms with E-state index < -0.39 is 11.5 Å². The molecule has 0 radical (unpaired) electrons. The van der Waals surface area contributed by atoms with Gasteiger partial charge in [0.05, 0.1) is 6.61 Å². The van der Waals surface area contributed by atoms with Crippen molar-refractivity contribution in [3.05, 3.63) is 70.5 Å². The molecule has 0 atom stereocenters. The molecule has 0 aliphatic rings. The quantitative estimate of drug-likeness (QED) is 0.290. The molecule has 5 rings (SSSR count). The molecule has 4 nitrogen and oxygen atoms in total. The number of hydrogen-bond acceptors (Lipinski definition) is 3. The Labute approximate surface area is 148 Å². The molecule has 0 bridgehead atoms. The fourth-order valence-corrected chi connectivity index (χ4v) is 4.01. The second kappa shape index (κ2) is 5.30. The Morgan fingerprint density at radius 3 is 2.27 bits per heavy atom. The van der Waals surface area contributed by atoms with E-state index in [1.54, 1.807) is 6.92 Å². The Morgan fingerprint density at radius 1 is 0.885 bits per heavy atom. The Hall–Kier alpha value is -3.40. The summed E-state index contributed by atoms with van der Waals surface area (Å²) in [4.78, 5) is 28.2. The highest BCUT2D eigenvalue weighted by molar-refractivity contribution is 6.34. The molecule has 4 heteroatoms. The number of aromatic nitrogens is 1. The highest BCUT2D eigenvalue weighted by Gasteiger charge is 2.22. The lowest BCUT2D eigenvalue weighted by Gasteiger charge is -2.16. The standard InChI is InChI=1S/C22H15NO3/c1-2-26-22(25)20-19-15-10-4-7-12-6-3-8-13(17(12)15)14-9-5-11-16(18(14)19)23-21(20)24/h3-11H,2H2,1H3,(H,23,24). The van der Waals surface area contributed by atoms with E-state index in [0.717, 1.165) is 37.8 Å². The van der Waals surface area contributed by atoms with Crippen LogP contribution in [0.5, 0.6) is 0 Å². The van der Waals surface area contributed by atoms with Crippen LogP contribution in [-0.2, 0) is 4.74 Å². The van der Waals surface area contributed by atoms with Gasteiger partial charge in [-0.15, -0.1) is 0 Å². The van der Waals surface area contributed by atoms with Crippen molar-refractivity contribution in [3.63, 3.8) is 0 Å². The van der Waals surface area contributed by atoms with E-state index >= 15 is 0 Å². The highest BCUT2D eigenvalue weighted by atomic mass is 16.5. The van der Waals surface area contributed by atoms with E-state index in [1.807, 2.05) is 48.5 Å². The summed E-state index contributed by atoms with van der Waals surface area (Å²) in [5.41, 5.74) is 0.385. The van der Waals surface area contributed by atoms with Gasteiger partial charge in [0.15, 0.2) is 0 Å². The average molecular weight is 341 g/mol. The van der Waals surface area contributed by atoms with Crippen molar-refractivity contribution in [3.8, 4) is 0 Å². The minimum atomic E-state index is -0.586. The van der Waals surface area contributed by atoms with Gasteiger partial charge in [-0.05, 0) is 39.9 Å². The minimum absolute atomic E-state index is 0.0776. The van der Waals surface area contributed by atoms with Crippen LogP contribution < -0.4 is 5.56 Å². The predicted octanol–water partition coefficient (Wildman–Crippen LogP) is 4.60. The van der Waals surface area contributed by atoms with E-state index in [9.17, 15) is 9.59 Å². The van der Waals surface area contributed by atoms with Crippen molar-refractivity contribution in [2.24, 2.45) is 0 Å². The van der Waals surface area contributed by atoms with E-state index in [0.29, 0.717) is 5.39 Å². The van der Waals surface area contributed by atoms with E-state index in [1.165, 1.54) is 0 Å². The fourth-order valence-electron chi connectivity index (χ4n) is 4.01. The first-order valence-electron chi connectivity index (χ1n) is 8.59. The van der Waals surface area contributed by atoms with Gasteiger partial charge in [0.2, 0.25) is 0 Å². The molecule has 0 spiro atoms. The van der Waals surface area contributed by atoms with E-state index in [2.05, 4.69) is 11.1 Å². The first-order valence-corrected chi connectivity index (χ1v) is 8.59. The summed E-state index contributed by atoms with van der Waals surface area (Å²) in [7, 11) is 0. The molecular formula is C22H15NO3. The molecule has 4 aromatic carbocycles. The Morgan fingerprint density at radius 2 is 1.54 bits per heavy atom. The molecule has 26 heavy (non-hydrogen) atoms. The molecule has 1 heterocycles. The van der Waals surface area contributed by atoms with Crippen LogP contribution in [0.3, 0.4) is 0 Å². The molecule has 1 aromatic heterocycles. The molecule has 0 saturated carbocycles. The van der Waals surface area contributed by atoms with Crippen LogP contribution in [0.4, 0.5) is 0 Å². The van der Waals surface area contributed by atoms with Gasteiger partial charge in [0.25, 0.3) is 5.56 Å². The molecule has 0 unspecified atom stereocenters. The monoisotopic (exact) mass is 341 g/mol. The van der Waals surface area contributed by atoms with Gasteiger partial charge in [-0.25, -0.2) is 4.79 Å². The van der Waals surface area contributed by atoms with Crippen molar-refractivity contribution in [1.29, 1.82) is 0 Å². The number of ether oxygens (including phenoxy) is 1. The molecule has 126 valence electrons. The molecule has 0 saturated heterocycles. The normalized spacial score (nSPS) is 11.7. The first-order chi connectivity index (χ1) is 12.7. The van der Waals surface area contributed by atoms with Crippen molar-refractivity contribution in [2.75, 3.05) is 6.61 Å². The predicted molar refractivity (Wildman–Crippen MR) is 104 cm³/mol. The number of H-pyrrole nitrogens is 1. The molecule has 0 amide bonds. The van der Waals surface area contributed by atoms with Crippen LogP contribution in [0, 0.1) is 0 Å². The third kappa shape index (κ3) is 1.84. The Kier molecular flexibility index (Phi) is 3.04. The Balaban J connectivity index is 2.18. The second-order valence-electron chi connectivity index (χ2n) is 6.36. The van der Waals surface area contributed by atoms with Crippen molar-refractivity contribution in [2.45, 2.75) is 6.92 Å². The average Bonchev–Trinajstić information content (AvgIpc) is 2.65. The number of pyridine rings is 1. The number of aromatic amines is 1. The van der Waals surface area contributed by atoms with Crippen LogP contribution in [0.2, 0.25) is 0 Å². The van der Waals surface area contributed by atoms with Gasteiger partial charge in [0.1, 0.15) is 5.56 Å². The summed E-state index contributed by atoms with van der Waals surface area (Å²) in [5, 5.41) is 6.73. The molecule has 0 aliphatic carbocycles. The van der Waals surface area contributed by atoms with Crippen LogP contribution >= 0.6 is 0 Å². The lowest BCUT2D eigenvalue weighted by atomic mass is 9.89. The zero-order valence-corrected chi connectivity index (χ0v) is 14.1. The van der Waals surface area contributed by atoms with Gasteiger partial charge in [-0.3, -0.25) is 4.79 Å². The molecule has 0 fully saturated rings. The number of nitrogens with one attached hydrogen (secondary N) is 1. The number of hydrogen-bond donors (Lipinski definition) is 1. The van der Waals surface area contributed by atoms with Crippen molar-refractivity contribution < 1.29 is 9.53 Å². The maximum Gasteiger partial charge on any atom is 0.344 e. The maximum atomic E-state index is 12.7. The Bertz CT molecular complexity index is 1380. The largest absolute Gasteiger partial charge is 0.462 e. The SMILES string of the molecule is CCOC(=O)c1c(=O)[nH]c2cccc3c4cccc5cccc(c1c23)c54. The summed E-state index contributed by atoms with van der Waals surface area (Å²) >= 11 is 0. The molecular weight excluding hydrogens is 326 g/mol. The summed E-state index contributed by atoms with van der Waals surface area (Å²) in [6.45, 7) is 1.96. The van der Waals surface area contributed by atoms with Crippen LogP contribution in [0.25, 0.3) is 43.2 Å². The zero-order valence-electron chi connectivity index (χ0n) is 14.1. The molecule has 5 aromatic rings. The summed E-state index contributed by atoms with van der Waals surface area (Å²) in [6.07, 6.45) is 0. The number of fused-ring (bicyclic) bond motifs is 2. The second-order valence-corrected chi connectivity index (χ2v) is 6.36. The number of rotatable bonds is 2. The van der Waals surface area contributed by atoms with Gasteiger partial charge < -0.3 is 9.72 Å². The summed E-state index contributed by atoms with van der Waals surface area (Å²) in [5.74, 6) is -0.586. The third-order valence-corrected chi connectivity index (χ3v) is 4.98. The van der Waals surface area contributed by atoms with Crippen molar-refractivity contribution in [1.82, 2.24) is 4.98 Å². The van der Waals surface area contributed by atoms with E-state index in [4.69, 9.17) is 4.74 Å². The zero-order chi connectivity index (χ0) is 17.8. The number of esters is 1. The fraction of sp³-hybridized carbons (Fsp3) is 0.0909. The number of carbonyl (C=O) groups is 1.